The first-order chi connectivity index (χ1) is 21.8. The van der Waals surface area contributed by atoms with Crippen LogP contribution in [0.15, 0.2) is 118 Å². The minimum atomic E-state index is -3.67. The summed E-state index contributed by atoms with van der Waals surface area (Å²) >= 11 is 3.79. The van der Waals surface area contributed by atoms with Crippen LogP contribution >= 0.6 is 23.5 Å². The Balaban J connectivity index is 0.000000421. The maximum Gasteiger partial charge on any atom is 0.261 e. The van der Waals surface area contributed by atoms with E-state index in [1.54, 1.807) is 0 Å². The van der Waals surface area contributed by atoms with Crippen molar-refractivity contribution in [2.75, 3.05) is 44.9 Å². The lowest BCUT2D eigenvalue weighted by Crippen LogP contribution is -2.49. The van der Waals surface area contributed by atoms with E-state index < -0.39 is 20.2 Å². The summed E-state index contributed by atoms with van der Waals surface area (Å²) in [6.45, 7) is 4.29. The number of piperazine rings is 1. The van der Waals surface area contributed by atoms with Gasteiger partial charge >= 0.3 is 0 Å². The largest absolute Gasteiger partial charge is 0.293 e. The van der Waals surface area contributed by atoms with E-state index in [9.17, 15) is 16.8 Å². The predicted octanol–water partition coefficient (Wildman–Crippen LogP) is 6.57. The molecule has 8 nitrogen and oxygen atoms in total. The summed E-state index contributed by atoms with van der Waals surface area (Å²) in [6.07, 6.45) is 4.69. The molecule has 1 fully saturated rings. The van der Waals surface area contributed by atoms with Gasteiger partial charge < -0.3 is 0 Å². The molecule has 2 aliphatic rings. The van der Waals surface area contributed by atoms with Gasteiger partial charge in [0.15, 0.2) is 0 Å². The minimum absolute atomic E-state index is 0.301. The van der Waals surface area contributed by atoms with Crippen LogP contribution in [0, 0.1) is 0 Å². The van der Waals surface area contributed by atoms with Crippen LogP contribution < -0.4 is 0 Å². The van der Waals surface area contributed by atoms with E-state index in [1.807, 2.05) is 23.5 Å². The summed E-state index contributed by atoms with van der Waals surface area (Å²) in [5.41, 5.74) is 5.74. The van der Waals surface area contributed by atoms with Crippen molar-refractivity contribution in [2.45, 2.75) is 33.2 Å². The normalized spacial score (nSPS) is 17.0. The molecule has 0 spiro atoms. The molecule has 0 saturated carbocycles. The highest BCUT2D eigenvalue weighted by atomic mass is 32.2. The molecule has 2 N–H and O–H groups in total. The molecule has 6 rings (SSSR count). The highest BCUT2D eigenvalue weighted by molar-refractivity contribution is 7.99. The SMILES string of the molecule is CS(=O)(=O)O.CS(=O)(=O)O.CSc1ccc2c(c1)C(N1CCN(C(c3ccccc3)c3ccccc3)CC1)Cc1ccccc1S2. The van der Waals surface area contributed by atoms with E-state index in [1.165, 1.54) is 36.9 Å². The minimum Gasteiger partial charge on any atom is -0.293 e. The standard InChI is InChI=1S/C32H32N2S2.2CH4O3S/c1-35-27-16-17-31-28(23-27)29(22-26-14-8-9-15-30(26)36-31)33-18-20-34(21-19-33)32(24-10-4-2-5-11-24)25-12-6-3-7-13-25;2*1-5(2,3)4/h2-17,23,29,32H,18-22H2,1H3;2*1H3,(H,2,3,4). The average molecular weight is 701 g/mol. The number of benzene rings is 4. The fourth-order valence-electron chi connectivity index (χ4n) is 5.73. The van der Waals surface area contributed by atoms with Crippen LogP contribution in [0.1, 0.15) is 34.3 Å². The molecule has 0 amide bonds. The molecule has 0 radical (unpaired) electrons. The number of thioether (sulfide) groups is 1. The Morgan fingerprint density at radius 2 is 1.22 bits per heavy atom. The fraction of sp³-hybridized carbons (Fsp3) is 0.294. The lowest BCUT2D eigenvalue weighted by atomic mass is 9.94. The van der Waals surface area contributed by atoms with Crippen molar-refractivity contribution in [3.05, 3.63) is 125 Å². The van der Waals surface area contributed by atoms with E-state index in [0.29, 0.717) is 24.6 Å². The van der Waals surface area contributed by atoms with Gasteiger partial charge in [0, 0.05) is 46.9 Å². The second-order valence-electron chi connectivity index (χ2n) is 11.1. The number of nitrogens with zero attached hydrogens (tertiary/aromatic N) is 2. The Labute approximate surface area is 281 Å². The maximum absolute atomic E-state index is 9.19. The zero-order chi connectivity index (χ0) is 33.3. The van der Waals surface area contributed by atoms with Crippen molar-refractivity contribution in [1.29, 1.82) is 0 Å². The first-order valence-corrected chi connectivity index (χ1v) is 20.4. The lowest BCUT2D eigenvalue weighted by molar-refractivity contribution is 0.0772. The van der Waals surface area contributed by atoms with Gasteiger partial charge in [-0.05, 0) is 59.2 Å². The average Bonchev–Trinajstić information content (AvgIpc) is 3.17. The molecule has 1 atom stereocenters. The number of rotatable bonds is 5. The van der Waals surface area contributed by atoms with Gasteiger partial charge in [0.2, 0.25) is 0 Å². The van der Waals surface area contributed by atoms with Crippen molar-refractivity contribution in [3.8, 4) is 0 Å². The Hall–Kier alpha value is -2.68. The van der Waals surface area contributed by atoms with Crippen molar-refractivity contribution in [3.63, 3.8) is 0 Å². The summed E-state index contributed by atoms with van der Waals surface area (Å²) in [5, 5.41) is 0. The van der Waals surface area contributed by atoms with Gasteiger partial charge in [-0.1, -0.05) is 90.6 Å². The summed E-state index contributed by atoms with van der Waals surface area (Å²) in [6, 6.07) is 38.8. The van der Waals surface area contributed by atoms with E-state index in [4.69, 9.17) is 9.11 Å². The van der Waals surface area contributed by atoms with Gasteiger partial charge in [-0.25, -0.2) is 0 Å². The molecule has 12 heteroatoms. The van der Waals surface area contributed by atoms with E-state index in [2.05, 4.69) is 119 Å². The van der Waals surface area contributed by atoms with Gasteiger partial charge in [0.25, 0.3) is 20.2 Å². The number of hydrogen-bond donors (Lipinski definition) is 2. The number of hydrogen-bond acceptors (Lipinski definition) is 8. The monoisotopic (exact) mass is 700 g/mol. The molecule has 4 aromatic carbocycles. The van der Waals surface area contributed by atoms with Crippen LogP contribution in [0.3, 0.4) is 0 Å². The van der Waals surface area contributed by atoms with E-state index in [0.717, 1.165) is 32.6 Å². The van der Waals surface area contributed by atoms with E-state index >= 15 is 0 Å². The first kappa shape index (κ1) is 36.2. The van der Waals surface area contributed by atoms with Gasteiger partial charge in [0.1, 0.15) is 0 Å². The fourth-order valence-corrected chi connectivity index (χ4v) is 7.30. The van der Waals surface area contributed by atoms with Crippen LogP contribution in [-0.4, -0.2) is 80.7 Å². The molecule has 0 bridgehead atoms. The summed E-state index contributed by atoms with van der Waals surface area (Å²) in [4.78, 5) is 9.60. The van der Waals surface area contributed by atoms with Crippen LogP contribution in [0.4, 0.5) is 0 Å². The first-order valence-electron chi connectivity index (χ1n) is 14.7. The molecular weight excluding hydrogens is 661 g/mol. The molecule has 0 aliphatic carbocycles. The number of fused-ring (bicyclic) bond motifs is 2. The molecule has 2 aliphatic heterocycles. The smallest absolute Gasteiger partial charge is 0.261 e. The third kappa shape index (κ3) is 11.2. The molecule has 246 valence electrons. The molecule has 0 aromatic heterocycles. The van der Waals surface area contributed by atoms with Gasteiger partial charge in [0.05, 0.1) is 18.6 Å². The highest BCUT2D eigenvalue weighted by Crippen LogP contribution is 2.44. The zero-order valence-electron chi connectivity index (χ0n) is 26.1. The van der Waals surface area contributed by atoms with Crippen LogP contribution in [-0.2, 0) is 26.7 Å². The van der Waals surface area contributed by atoms with E-state index in [-0.39, 0.29) is 0 Å². The molecular formula is C34H40N2O6S4. The molecule has 1 unspecified atom stereocenters. The molecule has 4 aromatic rings. The third-order valence-corrected chi connectivity index (χ3v) is 9.50. The Morgan fingerprint density at radius 3 is 1.74 bits per heavy atom. The molecule has 46 heavy (non-hydrogen) atoms. The van der Waals surface area contributed by atoms with Crippen molar-refractivity contribution in [2.24, 2.45) is 0 Å². The summed E-state index contributed by atoms with van der Waals surface area (Å²) in [5.74, 6) is 0. The zero-order valence-corrected chi connectivity index (χ0v) is 29.3. The quantitative estimate of drug-likeness (QED) is 0.175. The third-order valence-electron chi connectivity index (χ3n) is 7.57. The Morgan fingerprint density at radius 1 is 0.717 bits per heavy atom. The van der Waals surface area contributed by atoms with Crippen LogP contribution in [0.2, 0.25) is 0 Å². The summed E-state index contributed by atoms with van der Waals surface area (Å²) in [7, 11) is -7.33. The highest BCUT2D eigenvalue weighted by Gasteiger charge is 2.32. The van der Waals surface area contributed by atoms with Gasteiger partial charge in [-0.15, -0.1) is 11.8 Å². The second kappa shape index (κ2) is 16.4. The van der Waals surface area contributed by atoms with Crippen molar-refractivity contribution >= 4 is 43.8 Å². The van der Waals surface area contributed by atoms with Crippen LogP contribution in [0.5, 0.6) is 0 Å². The van der Waals surface area contributed by atoms with Crippen molar-refractivity contribution in [1.82, 2.24) is 9.80 Å². The lowest BCUT2D eigenvalue weighted by Gasteiger charge is -2.43. The summed E-state index contributed by atoms with van der Waals surface area (Å²) < 4.78 is 51.7. The predicted molar refractivity (Wildman–Crippen MR) is 188 cm³/mol. The van der Waals surface area contributed by atoms with Crippen LogP contribution in [0.25, 0.3) is 0 Å². The van der Waals surface area contributed by atoms with Gasteiger partial charge in [-0.3, -0.25) is 18.9 Å². The Bertz CT molecular complexity index is 1700. The van der Waals surface area contributed by atoms with Gasteiger partial charge in [-0.2, -0.15) is 16.8 Å². The molecule has 1 saturated heterocycles. The van der Waals surface area contributed by atoms with Crippen molar-refractivity contribution < 1.29 is 25.9 Å². The second-order valence-corrected chi connectivity index (χ2v) is 16.0. The molecule has 2 heterocycles. The topological polar surface area (TPSA) is 115 Å². The Kier molecular flexibility index (Phi) is 12.9. The maximum atomic E-state index is 9.19.